The predicted octanol–water partition coefficient (Wildman–Crippen LogP) is 5.00. The van der Waals surface area contributed by atoms with Crippen LogP contribution < -0.4 is 29.1 Å². The Kier molecular flexibility index (Phi) is 10.5. The minimum atomic E-state index is -0.954. The molecule has 12 heteroatoms. The molecule has 3 heterocycles. The molecular weight excluding hydrogens is 666 g/mol. The van der Waals surface area contributed by atoms with Crippen LogP contribution in [0.25, 0.3) is 11.8 Å². The average molecular weight is 702 g/mol. The van der Waals surface area contributed by atoms with Crippen LogP contribution in [0, 0.1) is 0 Å². The first-order valence-corrected chi connectivity index (χ1v) is 17.3. The van der Waals surface area contributed by atoms with E-state index in [4.69, 9.17) is 35.5 Å². The number of likely N-dealkylation sites (tertiary alicyclic amines) is 1. The van der Waals surface area contributed by atoms with Crippen molar-refractivity contribution in [2.45, 2.75) is 32.7 Å². The van der Waals surface area contributed by atoms with Crippen LogP contribution in [-0.2, 0) is 14.3 Å². The van der Waals surface area contributed by atoms with Crippen LogP contribution in [0.4, 0.5) is 0 Å². The van der Waals surface area contributed by atoms with E-state index >= 15 is 0 Å². The van der Waals surface area contributed by atoms with E-state index in [1.807, 2.05) is 37.3 Å². The summed E-state index contributed by atoms with van der Waals surface area (Å²) >= 11 is 7.69. The number of carbonyl (C=O) groups excluding carboxylic acids is 2. The second-order valence-electron chi connectivity index (χ2n) is 11.3. The first-order valence-electron chi connectivity index (χ1n) is 16.1. The van der Waals surface area contributed by atoms with Crippen LogP contribution >= 0.6 is 22.9 Å². The summed E-state index contributed by atoms with van der Waals surface area (Å²) in [5.41, 5.74) is 2.10. The maximum Gasteiger partial charge on any atom is 0.338 e. The number of methoxy groups -OCH3 is 1. The molecule has 10 nitrogen and oxygen atoms in total. The Hall–Kier alpha value is -4.87. The molecule has 0 aliphatic carbocycles. The number of amides is 1. The molecule has 0 radical (unpaired) electrons. The third-order valence-electron chi connectivity index (χ3n) is 8.24. The van der Waals surface area contributed by atoms with Gasteiger partial charge in [-0.05, 0) is 68.7 Å². The van der Waals surface area contributed by atoms with Crippen LogP contribution in [0.1, 0.15) is 49.4 Å². The summed E-state index contributed by atoms with van der Waals surface area (Å²) in [6, 6.07) is 18.7. The second kappa shape index (κ2) is 15.1. The van der Waals surface area contributed by atoms with Gasteiger partial charge in [-0.2, -0.15) is 0 Å². The van der Waals surface area contributed by atoms with E-state index in [1.165, 1.54) is 23.0 Å². The van der Waals surface area contributed by atoms with Crippen molar-refractivity contribution in [3.8, 4) is 17.2 Å². The molecule has 0 saturated carbocycles. The van der Waals surface area contributed by atoms with E-state index < -0.39 is 12.0 Å². The van der Waals surface area contributed by atoms with Gasteiger partial charge in [0.25, 0.3) is 11.5 Å². The highest BCUT2D eigenvalue weighted by atomic mass is 35.5. The number of thiazole rings is 1. The van der Waals surface area contributed by atoms with Gasteiger partial charge in [0.15, 0.2) is 22.9 Å². The lowest BCUT2D eigenvalue weighted by molar-refractivity contribution is -0.139. The van der Waals surface area contributed by atoms with Crippen LogP contribution in [-0.4, -0.2) is 61.4 Å². The predicted molar refractivity (Wildman–Crippen MR) is 188 cm³/mol. The fourth-order valence-electron chi connectivity index (χ4n) is 6.00. The van der Waals surface area contributed by atoms with E-state index in [0.29, 0.717) is 60.6 Å². The van der Waals surface area contributed by atoms with Crippen molar-refractivity contribution in [3.05, 3.63) is 114 Å². The van der Waals surface area contributed by atoms with E-state index in [2.05, 4.69) is 0 Å². The van der Waals surface area contributed by atoms with Crippen molar-refractivity contribution in [1.82, 2.24) is 9.47 Å². The summed E-state index contributed by atoms with van der Waals surface area (Å²) in [6.45, 7) is 5.50. The molecule has 1 fully saturated rings. The summed E-state index contributed by atoms with van der Waals surface area (Å²) in [5, 5.41) is 0.410. The lowest BCUT2D eigenvalue weighted by atomic mass is 9.92. The van der Waals surface area contributed by atoms with Crippen molar-refractivity contribution in [1.29, 1.82) is 0 Å². The van der Waals surface area contributed by atoms with E-state index in [9.17, 15) is 14.4 Å². The highest BCUT2D eigenvalue weighted by molar-refractivity contribution is 7.07. The van der Waals surface area contributed by atoms with E-state index in [1.54, 1.807) is 54.3 Å². The van der Waals surface area contributed by atoms with Gasteiger partial charge in [-0.3, -0.25) is 14.2 Å². The lowest BCUT2D eigenvalue weighted by Gasteiger charge is -2.27. The minimum absolute atomic E-state index is 0.0620. The molecule has 1 aromatic heterocycles. The molecule has 49 heavy (non-hydrogen) atoms. The standard InChI is InChI=1S/C37H36ClN3O7S/c1-4-46-29-19-23(13-15-28(29)48-22-31(42)40-17-9-10-18-40)20-30-35(43)41-34(26-21-25(38)14-16-27(26)45-3)32(36(44)47-5-2)33(39-37(41)49-30)24-11-7-6-8-12-24/h6-8,11-16,19-21,34H,4-5,9-10,17-18,22H2,1-3H3/b30-20-/t34-/m0/s1. The van der Waals surface area contributed by atoms with E-state index in [-0.39, 0.29) is 30.3 Å². The van der Waals surface area contributed by atoms with Crippen molar-refractivity contribution < 1.29 is 28.5 Å². The number of benzene rings is 3. The van der Waals surface area contributed by atoms with Gasteiger partial charge in [-0.25, -0.2) is 9.79 Å². The monoisotopic (exact) mass is 701 g/mol. The maximum atomic E-state index is 14.4. The SMILES string of the molecule is CCOC(=O)C1=C(c2ccccc2)N=c2s/c(=C\c3ccc(OCC(=O)N4CCCC4)c(OCC)c3)c(=O)n2[C@H]1c1cc(Cl)ccc1OC. The molecule has 0 spiro atoms. The van der Waals surface area contributed by atoms with Gasteiger partial charge in [0, 0.05) is 29.2 Å². The number of ether oxygens (including phenoxy) is 4. The van der Waals surface area contributed by atoms with E-state index in [0.717, 1.165) is 25.9 Å². The van der Waals surface area contributed by atoms with Gasteiger partial charge in [0.1, 0.15) is 11.8 Å². The third kappa shape index (κ3) is 7.13. The van der Waals surface area contributed by atoms with Gasteiger partial charge >= 0.3 is 5.97 Å². The molecule has 6 rings (SSSR count). The zero-order valence-electron chi connectivity index (χ0n) is 27.4. The third-order valence-corrected chi connectivity index (χ3v) is 9.45. The Bertz CT molecular complexity index is 2080. The number of esters is 1. The van der Waals surface area contributed by atoms with Crippen LogP contribution in [0.3, 0.4) is 0 Å². The highest BCUT2D eigenvalue weighted by Gasteiger charge is 2.37. The zero-order valence-corrected chi connectivity index (χ0v) is 29.0. The topological polar surface area (TPSA) is 109 Å². The van der Waals surface area contributed by atoms with Crippen LogP contribution in [0.2, 0.25) is 5.02 Å². The molecule has 0 N–H and O–H groups in total. The Morgan fingerprint density at radius 1 is 0.959 bits per heavy atom. The number of aromatic nitrogens is 1. The quantitative estimate of drug-likeness (QED) is 0.203. The van der Waals surface area contributed by atoms with Crippen molar-refractivity contribution >= 4 is 46.6 Å². The molecule has 1 saturated heterocycles. The van der Waals surface area contributed by atoms with Gasteiger partial charge in [0.05, 0.1) is 36.1 Å². The molecule has 1 atom stereocenters. The normalized spacial score (nSPS) is 15.9. The summed E-state index contributed by atoms with van der Waals surface area (Å²) in [4.78, 5) is 47.8. The molecule has 1 amide bonds. The molecule has 3 aromatic carbocycles. The smallest absolute Gasteiger partial charge is 0.338 e. The minimum Gasteiger partial charge on any atom is -0.496 e. The van der Waals surface area contributed by atoms with Gasteiger partial charge in [0.2, 0.25) is 0 Å². The number of carbonyl (C=O) groups is 2. The van der Waals surface area contributed by atoms with Gasteiger partial charge in [-0.1, -0.05) is 59.3 Å². The molecular formula is C37H36ClN3O7S. The number of fused-ring (bicyclic) bond motifs is 1. The number of hydrogen-bond acceptors (Lipinski definition) is 9. The molecule has 2 aliphatic rings. The molecule has 4 aromatic rings. The molecule has 2 aliphatic heterocycles. The van der Waals surface area contributed by atoms with Crippen molar-refractivity contribution in [2.75, 3.05) is 40.0 Å². The fourth-order valence-corrected chi connectivity index (χ4v) is 7.19. The first kappa shape index (κ1) is 34.0. The maximum absolute atomic E-state index is 14.4. The number of nitrogens with zero attached hydrogens (tertiary/aromatic N) is 3. The number of rotatable bonds is 11. The average Bonchev–Trinajstić information content (AvgIpc) is 3.76. The van der Waals surface area contributed by atoms with Crippen LogP contribution in [0.5, 0.6) is 17.2 Å². The highest BCUT2D eigenvalue weighted by Crippen LogP contribution is 2.40. The van der Waals surface area contributed by atoms with Crippen LogP contribution in [0.15, 0.2) is 82.1 Å². The molecule has 0 unspecified atom stereocenters. The van der Waals surface area contributed by atoms with Gasteiger partial charge in [-0.15, -0.1) is 0 Å². The molecule has 0 bridgehead atoms. The fraction of sp³-hybridized carbons (Fsp3) is 0.297. The Labute approximate surface area is 292 Å². The number of halogens is 1. The Balaban J connectivity index is 1.49. The zero-order chi connectivity index (χ0) is 34.5. The van der Waals surface area contributed by atoms with Gasteiger partial charge < -0.3 is 23.8 Å². The summed E-state index contributed by atoms with van der Waals surface area (Å²) in [6.07, 6.45) is 3.75. The van der Waals surface area contributed by atoms with Crippen molar-refractivity contribution in [3.63, 3.8) is 0 Å². The lowest BCUT2D eigenvalue weighted by Crippen LogP contribution is -2.40. The van der Waals surface area contributed by atoms with Crippen molar-refractivity contribution in [2.24, 2.45) is 4.99 Å². The first-order chi connectivity index (χ1) is 23.8. The summed E-state index contributed by atoms with van der Waals surface area (Å²) in [5.74, 6) is 0.670. The molecule has 254 valence electrons. The largest absolute Gasteiger partial charge is 0.496 e. The summed E-state index contributed by atoms with van der Waals surface area (Å²) < 4.78 is 24.9. The Morgan fingerprint density at radius 3 is 2.43 bits per heavy atom. The summed E-state index contributed by atoms with van der Waals surface area (Å²) in [7, 11) is 1.52. The second-order valence-corrected chi connectivity index (χ2v) is 12.8. The number of hydrogen-bond donors (Lipinski definition) is 0. The Morgan fingerprint density at radius 2 is 1.71 bits per heavy atom.